The number of nitrogens with zero attached hydrogens (tertiary/aromatic N) is 4. The Balaban J connectivity index is 1.83. The number of nitrogens with one attached hydrogen (secondary N) is 1. The van der Waals surface area contributed by atoms with E-state index in [-0.39, 0.29) is 0 Å². The van der Waals surface area contributed by atoms with Gasteiger partial charge in [0.1, 0.15) is 17.9 Å². The van der Waals surface area contributed by atoms with Crippen molar-refractivity contribution in [3.63, 3.8) is 0 Å². The number of ether oxygens (including phenoxy) is 1. The number of anilines is 2. The van der Waals surface area contributed by atoms with Crippen LogP contribution >= 0.6 is 0 Å². The summed E-state index contributed by atoms with van der Waals surface area (Å²) in [6.45, 7) is 0. The van der Waals surface area contributed by atoms with Crippen LogP contribution in [0.5, 0.6) is 5.75 Å². The molecular formula is C15H15N5O. The van der Waals surface area contributed by atoms with E-state index in [9.17, 15) is 0 Å². The summed E-state index contributed by atoms with van der Waals surface area (Å²) in [5.41, 5.74) is 3.32. The van der Waals surface area contributed by atoms with Gasteiger partial charge in [0.05, 0.1) is 12.8 Å². The van der Waals surface area contributed by atoms with Crippen molar-refractivity contribution in [3.8, 4) is 5.75 Å². The van der Waals surface area contributed by atoms with Gasteiger partial charge in [-0.05, 0) is 31.4 Å². The fourth-order valence-corrected chi connectivity index (χ4v) is 2.79. The van der Waals surface area contributed by atoms with Crippen LogP contribution in [0.15, 0.2) is 30.6 Å². The van der Waals surface area contributed by atoms with E-state index in [0.717, 1.165) is 42.2 Å². The van der Waals surface area contributed by atoms with E-state index in [1.807, 2.05) is 24.3 Å². The van der Waals surface area contributed by atoms with E-state index in [2.05, 4.69) is 20.4 Å². The molecule has 0 fully saturated rings. The van der Waals surface area contributed by atoms with Gasteiger partial charge in [-0.1, -0.05) is 6.07 Å². The van der Waals surface area contributed by atoms with Gasteiger partial charge in [-0.15, -0.1) is 0 Å². The summed E-state index contributed by atoms with van der Waals surface area (Å²) in [5, 5.41) is 7.73. The number of aryl methyl sites for hydroxylation is 1. The second-order valence-electron chi connectivity index (χ2n) is 5.07. The molecular weight excluding hydrogens is 266 g/mol. The van der Waals surface area contributed by atoms with E-state index >= 15 is 0 Å². The summed E-state index contributed by atoms with van der Waals surface area (Å²) >= 11 is 0. The van der Waals surface area contributed by atoms with Crippen molar-refractivity contribution in [3.05, 3.63) is 41.9 Å². The lowest BCUT2D eigenvalue weighted by molar-refractivity contribution is 0.415. The third-order valence-electron chi connectivity index (χ3n) is 3.78. The largest absolute Gasteiger partial charge is 0.497 e. The lowest BCUT2D eigenvalue weighted by Crippen LogP contribution is -2.07. The predicted molar refractivity (Wildman–Crippen MR) is 79.1 cm³/mol. The van der Waals surface area contributed by atoms with Gasteiger partial charge in [-0.3, -0.25) is 0 Å². The van der Waals surface area contributed by atoms with Crippen molar-refractivity contribution in [2.45, 2.75) is 19.3 Å². The summed E-state index contributed by atoms with van der Waals surface area (Å²) in [5.74, 6) is 2.42. The molecule has 106 valence electrons. The Morgan fingerprint density at radius 3 is 3.14 bits per heavy atom. The van der Waals surface area contributed by atoms with Crippen LogP contribution in [0.3, 0.4) is 0 Å². The third-order valence-corrected chi connectivity index (χ3v) is 3.78. The monoisotopic (exact) mass is 281 g/mol. The van der Waals surface area contributed by atoms with Gasteiger partial charge in [-0.2, -0.15) is 14.6 Å². The minimum absolute atomic E-state index is 0.640. The number of hydrogen-bond acceptors (Lipinski definition) is 5. The predicted octanol–water partition coefficient (Wildman–Crippen LogP) is 2.37. The first-order chi connectivity index (χ1) is 10.3. The first-order valence-corrected chi connectivity index (χ1v) is 6.98. The molecule has 1 aliphatic carbocycles. The molecule has 0 atom stereocenters. The van der Waals surface area contributed by atoms with Gasteiger partial charge in [0.25, 0.3) is 5.78 Å². The van der Waals surface area contributed by atoms with Crippen LogP contribution in [-0.2, 0) is 12.8 Å². The van der Waals surface area contributed by atoms with Crippen molar-refractivity contribution in [2.75, 3.05) is 12.4 Å². The van der Waals surface area contributed by atoms with Crippen LogP contribution in [0.1, 0.15) is 17.7 Å². The quantitative estimate of drug-likeness (QED) is 0.798. The Kier molecular flexibility index (Phi) is 2.73. The maximum atomic E-state index is 5.27. The van der Waals surface area contributed by atoms with Gasteiger partial charge >= 0.3 is 0 Å². The van der Waals surface area contributed by atoms with Gasteiger partial charge in [-0.25, -0.2) is 4.98 Å². The summed E-state index contributed by atoms with van der Waals surface area (Å²) < 4.78 is 7.04. The fraction of sp³-hybridized carbons (Fsp3) is 0.267. The first-order valence-electron chi connectivity index (χ1n) is 6.98. The molecule has 0 spiro atoms. The van der Waals surface area contributed by atoms with Crippen LogP contribution in [-0.4, -0.2) is 26.7 Å². The summed E-state index contributed by atoms with van der Waals surface area (Å²) in [6.07, 6.45) is 4.69. The molecule has 0 saturated heterocycles. The molecule has 0 unspecified atom stereocenters. The maximum Gasteiger partial charge on any atom is 0.254 e. The number of fused-ring (bicyclic) bond motifs is 2. The van der Waals surface area contributed by atoms with Crippen molar-refractivity contribution in [1.82, 2.24) is 19.6 Å². The smallest absolute Gasteiger partial charge is 0.254 e. The van der Waals surface area contributed by atoms with Crippen LogP contribution in [0.25, 0.3) is 5.78 Å². The SMILES string of the molecule is COc1cccc(Nc2c3c(nc4ncnn24)CCC3)c1. The molecule has 2 aromatic heterocycles. The highest BCUT2D eigenvalue weighted by Gasteiger charge is 2.21. The molecule has 0 bridgehead atoms. The molecule has 2 heterocycles. The number of aromatic nitrogens is 4. The lowest BCUT2D eigenvalue weighted by Gasteiger charge is -2.13. The van der Waals surface area contributed by atoms with Crippen molar-refractivity contribution in [2.24, 2.45) is 0 Å². The minimum Gasteiger partial charge on any atom is -0.497 e. The second-order valence-corrected chi connectivity index (χ2v) is 5.07. The molecule has 1 aromatic carbocycles. The van der Waals surface area contributed by atoms with E-state index in [1.165, 1.54) is 11.9 Å². The zero-order chi connectivity index (χ0) is 14.2. The summed E-state index contributed by atoms with van der Waals surface area (Å²) in [4.78, 5) is 8.78. The fourth-order valence-electron chi connectivity index (χ4n) is 2.79. The molecule has 1 N–H and O–H groups in total. The lowest BCUT2D eigenvalue weighted by atomic mass is 10.2. The minimum atomic E-state index is 0.640. The summed E-state index contributed by atoms with van der Waals surface area (Å²) in [7, 11) is 1.67. The molecule has 0 saturated carbocycles. The Labute approximate surface area is 121 Å². The first kappa shape index (κ1) is 12.1. The number of rotatable bonds is 3. The van der Waals surface area contributed by atoms with Crippen LogP contribution in [0, 0.1) is 0 Å². The number of benzene rings is 1. The number of methoxy groups -OCH3 is 1. The normalized spacial score (nSPS) is 13.4. The number of hydrogen-bond donors (Lipinski definition) is 1. The topological polar surface area (TPSA) is 64.3 Å². The molecule has 21 heavy (non-hydrogen) atoms. The molecule has 0 amide bonds. The van der Waals surface area contributed by atoms with Crippen molar-refractivity contribution < 1.29 is 4.74 Å². The summed E-state index contributed by atoms with van der Waals surface area (Å²) in [6, 6.07) is 7.85. The molecule has 3 aromatic rings. The maximum absolute atomic E-state index is 5.27. The van der Waals surface area contributed by atoms with Crippen molar-refractivity contribution >= 4 is 17.3 Å². The van der Waals surface area contributed by atoms with Gasteiger partial charge in [0, 0.05) is 17.3 Å². The zero-order valence-corrected chi connectivity index (χ0v) is 11.7. The Hall–Kier alpha value is -2.63. The Bertz CT molecular complexity index is 811. The molecule has 1 aliphatic rings. The highest BCUT2D eigenvalue weighted by molar-refractivity contribution is 5.64. The van der Waals surface area contributed by atoms with Crippen LogP contribution in [0.2, 0.25) is 0 Å². The highest BCUT2D eigenvalue weighted by atomic mass is 16.5. The molecule has 6 nitrogen and oxygen atoms in total. The third kappa shape index (κ3) is 1.99. The zero-order valence-electron chi connectivity index (χ0n) is 11.7. The van der Waals surface area contributed by atoms with Crippen LogP contribution < -0.4 is 10.1 Å². The van der Waals surface area contributed by atoms with E-state index in [4.69, 9.17) is 4.74 Å². The van der Waals surface area contributed by atoms with Crippen molar-refractivity contribution in [1.29, 1.82) is 0 Å². The molecule has 4 rings (SSSR count). The average Bonchev–Trinajstić information content (AvgIpc) is 3.15. The van der Waals surface area contributed by atoms with E-state index in [1.54, 1.807) is 11.6 Å². The van der Waals surface area contributed by atoms with Gasteiger partial charge < -0.3 is 10.1 Å². The van der Waals surface area contributed by atoms with Crippen LogP contribution in [0.4, 0.5) is 11.5 Å². The standard InChI is InChI=1S/C15H15N5O/c1-21-11-5-2-4-10(8-11)18-14-12-6-3-7-13(12)19-15-16-9-17-20(14)15/h2,4-5,8-9,18H,3,6-7H2,1H3. The molecule has 6 heteroatoms. The highest BCUT2D eigenvalue weighted by Crippen LogP contribution is 2.30. The molecule has 0 radical (unpaired) electrons. The van der Waals surface area contributed by atoms with Gasteiger partial charge in [0.2, 0.25) is 0 Å². The average molecular weight is 281 g/mol. The van der Waals surface area contributed by atoms with E-state index < -0.39 is 0 Å². The van der Waals surface area contributed by atoms with E-state index in [0.29, 0.717) is 5.78 Å². The molecule has 0 aliphatic heterocycles. The second kappa shape index (κ2) is 4.73. The Morgan fingerprint density at radius 1 is 1.29 bits per heavy atom. The Morgan fingerprint density at radius 2 is 2.24 bits per heavy atom. The van der Waals surface area contributed by atoms with Gasteiger partial charge in [0.15, 0.2) is 0 Å².